The predicted octanol–water partition coefficient (Wildman–Crippen LogP) is 3.62. The molecule has 2 aromatic rings. The second-order valence-electron chi connectivity index (χ2n) is 6.05. The van der Waals surface area contributed by atoms with Gasteiger partial charge in [-0.25, -0.2) is 4.79 Å². The monoisotopic (exact) mass is 389 g/mol. The zero-order valence-electron chi connectivity index (χ0n) is 14.6. The molecule has 3 rings (SSSR count). The summed E-state index contributed by atoms with van der Waals surface area (Å²) in [5.41, 5.74) is 0.731. The molecule has 0 aliphatic carbocycles. The summed E-state index contributed by atoms with van der Waals surface area (Å²) in [7, 11) is 1.23. The molecule has 144 valence electrons. The molecule has 28 heavy (non-hydrogen) atoms. The summed E-state index contributed by atoms with van der Waals surface area (Å²) in [5.74, 6) is -2.04. The molecule has 0 N–H and O–H groups in total. The molecule has 0 radical (unpaired) electrons. The lowest BCUT2D eigenvalue weighted by Crippen LogP contribution is -2.29. The van der Waals surface area contributed by atoms with E-state index in [1.807, 2.05) is 0 Å². The molecular weight excluding hydrogens is 375 g/mol. The number of ether oxygens (including phenoxy) is 1. The Kier molecular flexibility index (Phi) is 5.04. The van der Waals surface area contributed by atoms with E-state index in [2.05, 4.69) is 4.74 Å². The molecule has 1 aliphatic rings. The molecule has 0 spiro atoms. The van der Waals surface area contributed by atoms with Crippen LogP contribution >= 0.6 is 0 Å². The van der Waals surface area contributed by atoms with Gasteiger partial charge in [-0.1, -0.05) is 18.2 Å². The molecule has 0 fully saturated rings. The van der Waals surface area contributed by atoms with Gasteiger partial charge < -0.3 is 9.64 Å². The normalized spacial score (nSPS) is 13.9. The first-order valence-corrected chi connectivity index (χ1v) is 8.13. The van der Waals surface area contributed by atoms with Crippen LogP contribution in [0.25, 0.3) is 6.08 Å². The number of carbonyl (C=O) groups is 3. The van der Waals surface area contributed by atoms with Gasteiger partial charge in [0.1, 0.15) is 0 Å². The summed E-state index contributed by atoms with van der Waals surface area (Å²) in [6, 6.07) is 9.04. The van der Waals surface area contributed by atoms with E-state index in [4.69, 9.17) is 0 Å². The zero-order chi connectivity index (χ0) is 20.5. The number of halogens is 3. The first kappa shape index (κ1) is 19.3. The number of ketones is 1. The van der Waals surface area contributed by atoms with E-state index in [1.165, 1.54) is 42.4 Å². The van der Waals surface area contributed by atoms with Gasteiger partial charge in [0.25, 0.3) is 11.7 Å². The first-order chi connectivity index (χ1) is 13.2. The first-order valence-electron chi connectivity index (χ1n) is 8.13. The summed E-state index contributed by atoms with van der Waals surface area (Å²) < 4.78 is 42.5. The maximum atomic E-state index is 12.7. The van der Waals surface area contributed by atoms with E-state index in [1.54, 1.807) is 12.1 Å². The van der Waals surface area contributed by atoms with Gasteiger partial charge in [-0.3, -0.25) is 9.59 Å². The fourth-order valence-corrected chi connectivity index (χ4v) is 2.79. The van der Waals surface area contributed by atoms with Gasteiger partial charge in [-0.05, 0) is 41.5 Å². The van der Waals surface area contributed by atoms with Gasteiger partial charge in [-0.2, -0.15) is 13.2 Å². The number of carbonyl (C=O) groups excluding carboxylic acids is 3. The third-order valence-corrected chi connectivity index (χ3v) is 4.23. The average Bonchev–Trinajstić information content (AvgIpc) is 2.90. The summed E-state index contributed by atoms with van der Waals surface area (Å²) in [6.07, 6.45) is -1.82. The van der Waals surface area contributed by atoms with Gasteiger partial charge in [0.15, 0.2) is 0 Å². The maximum Gasteiger partial charge on any atom is 0.416 e. The SMILES string of the molecule is COC(=O)/C=C/c1ccc2c(c1)C(=O)C(=O)N2Cc1ccc(C(F)(F)F)cc1. The number of hydrogen-bond donors (Lipinski definition) is 0. The van der Waals surface area contributed by atoms with E-state index < -0.39 is 29.4 Å². The van der Waals surface area contributed by atoms with Crippen LogP contribution in [0.1, 0.15) is 27.0 Å². The fourth-order valence-electron chi connectivity index (χ4n) is 2.79. The van der Waals surface area contributed by atoms with Crippen molar-refractivity contribution in [3.05, 3.63) is 70.8 Å². The molecule has 0 aromatic heterocycles. The number of methoxy groups -OCH3 is 1. The van der Waals surface area contributed by atoms with Crippen LogP contribution in [0.3, 0.4) is 0 Å². The van der Waals surface area contributed by atoms with Crippen LogP contribution in [0.2, 0.25) is 0 Å². The zero-order valence-corrected chi connectivity index (χ0v) is 14.6. The van der Waals surface area contributed by atoms with Crippen LogP contribution in [0.5, 0.6) is 0 Å². The van der Waals surface area contributed by atoms with Gasteiger partial charge in [0.05, 0.1) is 30.5 Å². The van der Waals surface area contributed by atoms with Crippen LogP contribution in [0, 0.1) is 0 Å². The number of nitrogens with zero attached hydrogens (tertiary/aromatic N) is 1. The van der Waals surface area contributed by atoms with Crippen molar-refractivity contribution < 1.29 is 32.3 Å². The number of hydrogen-bond acceptors (Lipinski definition) is 4. The third kappa shape index (κ3) is 3.80. The Hall–Kier alpha value is -3.42. The van der Waals surface area contributed by atoms with Crippen LogP contribution in [0.15, 0.2) is 48.5 Å². The molecule has 1 aliphatic heterocycles. The van der Waals surface area contributed by atoms with Crippen molar-refractivity contribution >= 4 is 29.4 Å². The standard InChI is InChI=1S/C20H14F3NO4/c1-28-17(25)9-5-12-4-8-16-15(10-12)18(26)19(27)24(16)11-13-2-6-14(7-3-13)20(21,22)23/h2-10H,11H2,1H3/b9-5+. The fraction of sp³-hybridized carbons (Fsp3) is 0.150. The highest BCUT2D eigenvalue weighted by Gasteiger charge is 2.36. The summed E-state index contributed by atoms with van der Waals surface area (Å²) >= 11 is 0. The second-order valence-corrected chi connectivity index (χ2v) is 6.05. The van der Waals surface area contributed by atoms with E-state index >= 15 is 0 Å². The van der Waals surface area contributed by atoms with Gasteiger partial charge in [0.2, 0.25) is 0 Å². The topological polar surface area (TPSA) is 63.7 Å². The number of Topliss-reactive ketones (excluding diaryl/α,β-unsaturated/α-hetero) is 1. The lowest BCUT2D eigenvalue weighted by Gasteiger charge is -2.17. The van der Waals surface area contributed by atoms with Crippen molar-refractivity contribution in [2.75, 3.05) is 12.0 Å². The molecule has 5 nitrogen and oxygen atoms in total. The number of rotatable bonds is 4. The lowest BCUT2D eigenvalue weighted by atomic mass is 10.1. The second kappa shape index (κ2) is 7.30. The van der Waals surface area contributed by atoms with Gasteiger partial charge in [-0.15, -0.1) is 0 Å². The molecule has 0 saturated carbocycles. The molecular formula is C20H14F3NO4. The maximum absolute atomic E-state index is 12.7. The van der Waals surface area contributed by atoms with Crippen LogP contribution in [-0.2, 0) is 27.0 Å². The number of fused-ring (bicyclic) bond motifs is 1. The average molecular weight is 389 g/mol. The Labute approximate surface area is 158 Å². The third-order valence-electron chi connectivity index (χ3n) is 4.23. The summed E-state index contributed by atoms with van der Waals surface area (Å²) in [6.45, 7) is -0.0347. The number of alkyl halides is 3. The molecule has 0 bridgehead atoms. The van der Waals surface area contributed by atoms with E-state index in [0.29, 0.717) is 16.8 Å². The van der Waals surface area contributed by atoms with Crippen molar-refractivity contribution in [1.82, 2.24) is 0 Å². The Balaban J connectivity index is 1.85. The van der Waals surface area contributed by atoms with E-state index in [9.17, 15) is 27.6 Å². The largest absolute Gasteiger partial charge is 0.466 e. The van der Waals surface area contributed by atoms with Crippen molar-refractivity contribution in [3.63, 3.8) is 0 Å². The van der Waals surface area contributed by atoms with Crippen molar-refractivity contribution in [3.8, 4) is 0 Å². The molecule has 0 unspecified atom stereocenters. The smallest absolute Gasteiger partial charge is 0.416 e. The van der Waals surface area contributed by atoms with Crippen LogP contribution in [-0.4, -0.2) is 24.8 Å². The van der Waals surface area contributed by atoms with Crippen molar-refractivity contribution in [2.24, 2.45) is 0 Å². The van der Waals surface area contributed by atoms with E-state index in [0.717, 1.165) is 12.1 Å². The van der Waals surface area contributed by atoms with Crippen molar-refractivity contribution in [1.29, 1.82) is 0 Å². The number of esters is 1. The number of anilines is 1. The van der Waals surface area contributed by atoms with Gasteiger partial charge in [0, 0.05) is 6.08 Å². The molecule has 1 amide bonds. The Morgan fingerprint density at radius 3 is 2.39 bits per heavy atom. The minimum atomic E-state index is -4.45. The number of amides is 1. The molecule has 8 heteroatoms. The Bertz CT molecular complexity index is 978. The molecule has 0 saturated heterocycles. The lowest BCUT2D eigenvalue weighted by molar-refractivity contribution is -0.137. The highest BCUT2D eigenvalue weighted by atomic mass is 19.4. The summed E-state index contributed by atoms with van der Waals surface area (Å²) in [5, 5.41) is 0. The van der Waals surface area contributed by atoms with Crippen LogP contribution in [0.4, 0.5) is 18.9 Å². The predicted molar refractivity (Wildman–Crippen MR) is 94.5 cm³/mol. The Morgan fingerprint density at radius 1 is 1.11 bits per heavy atom. The highest BCUT2D eigenvalue weighted by molar-refractivity contribution is 6.52. The van der Waals surface area contributed by atoms with Crippen LogP contribution < -0.4 is 4.90 Å². The Morgan fingerprint density at radius 2 is 1.79 bits per heavy atom. The minimum Gasteiger partial charge on any atom is -0.466 e. The van der Waals surface area contributed by atoms with Crippen molar-refractivity contribution in [2.45, 2.75) is 12.7 Å². The molecule has 1 heterocycles. The van der Waals surface area contributed by atoms with Gasteiger partial charge >= 0.3 is 12.1 Å². The minimum absolute atomic E-state index is 0.0347. The number of benzene rings is 2. The highest BCUT2D eigenvalue weighted by Crippen LogP contribution is 2.33. The summed E-state index contributed by atoms with van der Waals surface area (Å²) in [4.78, 5) is 37.0. The molecule has 0 atom stereocenters. The molecule has 2 aromatic carbocycles. The van der Waals surface area contributed by atoms with E-state index in [-0.39, 0.29) is 12.1 Å². The quantitative estimate of drug-likeness (QED) is 0.455.